The van der Waals surface area contributed by atoms with E-state index in [4.69, 9.17) is 4.74 Å². The van der Waals surface area contributed by atoms with Gasteiger partial charge in [0.1, 0.15) is 17.7 Å². The topological polar surface area (TPSA) is 63.6 Å². The van der Waals surface area contributed by atoms with E-state index in [1.165, 1.54) is 6.07 Å². The number of hydrogen-bond donors (Lipinski definition) is 1. The number of carbonyl (C=O) groups excluding carboxylic acids is 2. The number of aliphatic hydroxyl groups excluding tert-OH is 1. The molecular weight excluding hydrogens is 439 g/mol. The molecular formula is C27H35FO4S. The molecule has 0 aliphatic heterocycles. The van der Waals surface area contributed by atoms with Gasteiger partial charge >= 0.3 is 5.97 Å². The highest BCUT2D eigenvalue weighted by atomic mass is 32.2. The van der Waals surface area contributed by atoms with Crippen molar-refractivity contribution in [1.82, 2.24) is 0 Å². The van der Waals surface area contributed by atoms with Crippen LogP contribution in [0.15, 0.2) is 41.8 Å². The minimum absolute atomic E-state index is 0.00789. The molecule has 0 aromatic heterocycles. The molecule has 3 saturated carbocycles. The van der Waals surface area contributed by atoms with Crippen LogP contribution < -0.4 is 0 Å². The Labute approximate surface area is 200 Å². The number of halogens is 1. The maximum atomic E-state index is 14.0. The second kappa shape index (κ2) is 9.18. The summed E-state index contributed by atoms with van der Waals surface area (Å²) in [5.41, 5.74) is -0.896. The predicted molar refractivity (Wildman–Crippen MR) is 127 cm³/mol. The normalized spacial score (nSPS) is 40.5. The number of hydrogen-bond acceptors (Lipinski definition) is 5. The Bertz CT molecular complexity index is 934. The first kappa shape index (κ1) is 24.5. The number of benzene rings is 1. The number of esters is 1. The molecule has 4 nitrogen and oxygen atoms in total. The van der Waals surface area contributed by atoms with Gasteiger partial charge in [-0.15, -0.1) is 18.3 Å². The quantitative estimate of drug-likeness (QED) is 0.350. The third-order valence-corrected chi connectivity index (χ3v) is 9.99. The van der Waals surface area contributed by atoms with Crippen molar-refractivity contribution < 1.29 is 23.8 Å². The molecule has 1 aromatic rings. The minimum Gasteiger partial charge on any atom is -0.461 e. The predicted octanol–water partition coefficient (Wildman–Crippen LogP) is 5.43. The van der Waals surface area contributed by atoms with Crippen molar-refractivity contribution in [2.75, 3.05) is 5.75 Å². The van der Waals surface area contributed by atoms with Gasteiger partial charge in [0, 0.05) is 28.6 Å². The molecule has 0 heterocycles. The first-order valence-corrected chi connectivity index (χ1v) is 13.0. The van der Waals surface area contributed by atoms with Crippen LogP contribution in [0.1, 0.15) is 52.9 Å². The number of carbonyl (C=O) groups is 2. The van der Waals surface area contributed by atoms with Crippen LogP contribution in [-0.2, 0) is 14.3 Å². The lowest BCUT2D eigenvalue weighted by molar-refractivity contribution is -0.179. The fourth-order valence-electron chi connectivity index (χ4n) is 7.00. The molecule has 0 radical (unpaired) electrons. The fraction of sp³-hybridized carbons (Fsp3) is 0.630. The molecule has 1 N–H and O–H groups in total. The summed E-state index contributed by atoms with van der Waals surface area (Å²) in [4.78, 5) is 26.5. The molecule has 0 spiro atoms. The van der Waals surface area contributed by atoms with E-state index in [9.17, 15) is 19.1 Å². The summed E-state index contributed by atoms with van der Waals surface area (Å²) in [6, 6.07) is 6.36. The van der Waals surface area contributed by atoms with E-state index in [1.54, 1.807) is 24.3 Å². The van der Waals surface area contributed by atoms with Gasteiger partial charge in [-0.3, -0.25) is 9.59 Å². The second-order valence-corrected chi connectivity index (χ2v) is 11.7. The van der Waals surface area contributed by atoms with Crippen LogP contribution in [0.3, 0.4) is 0 Å². The van der Waals surface area contributed by atoms with Gasteiger partial charge < -0.3 is 9.84 Å². The highest BCUT2D eigenvalue weighted by Crippen LogP contribution is 2.63. The first-order valence-electron chi connectivity index (χ1n) is 12.0. The van der Waals surface area contributed by atoms with Crippen LogP contribution in [0.5, 0.6) is 0 Å². The van der Waals surface area contributed by atoms with E-state index in [0.29, 0.717) is 17.7 Å². The van der Waals surface area contributed by atoms with Crippen LogP contribution in [-0.4, -0.2) is 34.8 Å². The number of thioether (sulfide) groups is 1. The van der Waals surface area contributed by atoms with E-state index in [1.807, 2.05) is 6.92 Å². The molecule has 3 aliphatic carbocycles. The number of Topliss-reactive ketones (excluding diaryl/α,β-unsaturated/α-hetero) is 1. The van der Waals surface area contributed by atoms with Gasteiger partial charge in [0.15, 0.2) is 0 Å². The zero-order valence-corrected chi connectivity index (χ0v) is 20.6. The van der Waals surface area contributed by atoms with Gasteiger partial charge in [-0.2, -0.15) is 0 Å². The monoisotopic (exact) mass is 474 g/mol. The van der Waals surface area contributed by atoms with Gasteiger partial charge in [0.2, 0.25) is 0 Å². The first-order chi connectivity index (χ1) is 15.6. The SMILES string of the molecule is C=C[C@]1(C)C[C@@H](OC(=O)CSc2ccccc2F)C2C(C)CCC3(CCC(=O)C23)[C@@H](C)[C@@H]1O. The number of aliphatic hydroxyl groups is 1. The zero-order valence-electron chi connectivity index (χ0n) is 19.8. The number of ether oxygens (including phenoxy) is 1. The van der Waals surface area contributed by atoms with Crippen molar-refractivity contribution in [2.45, 2.75) is 70.0 Å². The van der Waals surface area contributed by atoms with E-state index < -0.39 is 23.6 Å². The number of rotatable bonds is 5. The van der Waals surface area contributed by atoms with Crippen molar-refractivity contribution in [3.63, 3.8) is 0 Å². The Morgan fingerprint density at radius 1 is 1.33 bits per heavy atom. The molecule has 0 saturated heterocycles. The lowest BCUT2D eigenvalue weighted by atomic mass is 9.49. The van der Waals surface area contributed by atoms with Crippen molar-refractivity contribution in [2.24, 2.45) is 34.5 Å². The molecule has 1 aromatic carbocycles. The van der Waals surface area contributed by atoms with E-state index in [-0.39, 0.29) is 46.4 Å². The summed E-state index contributed by atoms with van der Waals surface area (Å²) in [5, 5.41) is 11.5. The molecule has 180 valence electrons. The lowest BCUT2D eigenvalue weighted by Gasteiger charge is -2.57. The van der Waals surface area contributed by atoms with Crippen LogP contribution in [0, 0.1) is 40.3 Å². The van der Waals surface area contributed by atoms with Crippen molar-refractivity contribution in [1.29, 1.82) is 0 Å². The summed E-state index contributed by atoms with van der Waals surface area (Å²) in [6.07, 6.45) is 4.22. The maximum Gasteiger partial charge on any atom is 0.316 e. The maximum absolute atomic E-state index is 14.0. The van der Waals surface area contributed by atoms with E-state index in [2.05, 4.69) is 20.4 Å². The highest BCUT2D eigenvalue weighted by molar-refractivity contribution is 8.00. The Kier molecular flexibility index (Phi) is 6.81. The van der Waals surface area contributed by atoms with Gasteiger partial charge in [-0.25, -0.2) is 4.39 Å². The zero-order chi connectivity index (χ0) is 24.0. The van der Waals surface area contributed by atoms with Crippen LogP contribution in [0.2, 0.25) is 0 Å². The Balaban J connectivity index is 1.64. The Morgan fingerprint density at radius 3 is 2.76 bits per heavy atom. The van der Waals surface area contributed by atoms with Crippen LogP contribution in [0.4, 0.5) is 4.39 Å². The van der Waals surface area contributed by atoms with Crippen molar-refractivity contribution in [3.05, 3.63) is 42.7 Å². The molecule has 4 rings (SSSR count). The van der Waals surface area contributed by atoms with Gasteiger partial charge in [-0.05, 0) is 55.1 Å². The Morgan fingerprint density at radius 2 is 2.06 bits per heavy atom. The van der Waals surface area contributed by atoms with Crippen molar-refractivity contribution in [3.8, 4) is 0 Å². The molecule has 3 aliphatic rings. The Hall–Kier alpha value is -1.66. The molecule has 0 amide bonds. The second-order valence-electron chi connectivity index (χ2n) is 10.7. The average molecular weight is 475 g/mol. The average Bonchev–Trinajstić information content (AvgIpc) is 3.14. The van der Waals surface area contributed by atoms with Gasteiger partial charge in [-0.1, -0.05) is 39.0 Å². The molecule has 3 fully saturated rings. The molecule has 8 atom stereocenters. The fourth-order valence-corrected chi connectivity index (χ4v) is 7.73. The van der Waals surface area contributed by atoms with Gasteiger partial charge in [0.05, 0.1) is 11.9 Å². The summed E-state index contributed by atoms with van der Waals surface area (Å²) in [6.45, 7) is 10.2. The van der Waals surface area contributed by atoms with Crippen molar-refractivity contribution >= 4 is 23.5 Å². The molecule has 2 bridgehead atoms. The number of ketones is 1. The lowest BCUT2D eigenvalue weighted by Crippen LogP contribution is -2.58. The standard InChI is InChI=1S/C27H35FO4S/c1-5-26(4)14-20(32-22(30)15-33-21-9-7-6-8-18(21)28)23-16(2)10-12-27(17(3)25(26)31)13-11-19(29)24(23)27/h5-9,16-17,20,23-25,31H,1,10-15H2,2-4H3/t16?,17-,20+,23?,24?,25-,26+,27?/m0/s1. The largest absolute Gasteiger partial charge is 0.461 e. The van der Waals surface area contributed by atoms with Crippen LogP contribution >= 0.6 is 11.8 Å². The summed E-state index contributed by atoms with van der Waals surface area (Å²) >= 11 is 1.12. The summed E-state index contributed by atoms with van der Waals surface area (Å²) < 4.78 is 20.1. The molecule has 6 heteroatoms. The minimum atomic E-state index is -0.674. The summed E-state index contributed by atoms with van der Waals surface area (Å²) in [5.74, 6) is -0.626. The third kappa shape index (κ3) is 4.18. The van der Waals surface area contributed by atoms with Crippen LogP contribution in [0.25, 0.3) is 0 Å². The van der Waals surface area contributed by atoms with Gasteiger partial charge in [0.25, 0.3) is 0 Å². The molecule has 33 heavy (non-hydrogen) atoms. The summed E-state index contributed by atoms with van der Waals surface area (Å²) in [7, 11) is 0. The third-order valence-electron chi connectivity index (χ3n) is 8.97. The molecule has 4 unspecified atom stereocenters. The smallest absolute Gasteiger partial charge is 0.316 e. The van der Waals surface area contributed by atoms with E-state index in [0.717, 1.165) is 31.0 Å². The van der Waals surface area contributed by atoms with E-state index >= 15 is 0 Å². The highest BCUT2D eigenvalue weighted by Gasteiger charge is 2.63.